The van der Waals surface area contributed by atoms with Gasteiger partial charge in [0, 0.05) is 45.8 Å². The Hall–Kier alpha value is -1.89. The van der Waals surface area contributed by atoms with Crippen molar-refractivity contribution in [2.24, 2.45) is 18.7 Å². The van der Waals surface area contributed by atoms with Crippen molar-refractivity contribution in [2.45, 2.75) is 12.5 Å². The lowest BCUT2D eigenvalue weighted by atomic mass is 10.0. The minimum absolute atomic E-state index is 0.0388. The molecule has 2 N–H and O–H groups in total. The molecule has 104 valence electrons. The average molecular weight is 266 g/mol. The van der Waals surface area contributed by atoms with Crippen LogP contribution in [0.4, 0.5) is 0 Å². The number of hydrogen-bond donors (Lipinski definition) is 1. The van der Waals surface area contributed by atoms with Gasteiger partial charge in [0.05, 0.1) is 17.9 Å². The van der Waals surface area contributed by atoms with Crippen LogP contribution in [0.1, 0.15) is 16.8 Å². The second-order valence-electron chi connectivity index (χ2n) is 4.82. The second kappa shape index (κ2) is 5.40. The number of aryl methyl sites for hydroxylation is 1. The van der Waals surface area contributed by atoms with Crippen molar-refractivity contribution in [3.63, 3.8) is 0 Å². The highest BCUT2D eigenvalue weighted by molar-refractivity contribution is 5.94. The largest absolute Gasteiger partial charge is 0.379 e. The molecule has 1 saturated heterocycles. The Balaban J connectivity index is 2.06. The topological polar surface area (TPSA) is 90.4 Å². The van der Waals surface area contributed by atoms with Gasteiger partial charge in [-0.2, -0.15) is 5.10 Å². The smallest absolute Gasteiger partial charge is 0.257 e. The van der Waals surface area contributed by atoms with Gasteiger partial charge in [0.25, 0.3) is 5.91 Å². The van der Waals surface area contributed by atoms with Crippen LogP contribution >= 0.6 is 0 Å². The van der Waals surface area contributed by atoms with Gasteiger partial charge in [-0.15, -0.1) is 0 Å². The van der Waals surface area contributed by atoms with Crippen LogP contribution in [0.15, 0.2) is 12.4 Å². The number of rotatable bonds is 4. The number of likely N-dealkylation sites (tertiary alicyclic amines) is 1. The first kappa shape index (κ1) is 13.5. The van der Waals surface area contributed by atoms with E-state index in [9.17, 15) is 9.59 Å². The van der Waals surface area contributed by atoms with E-state index in [4.69, 9.17) is 10.5 Å². The fraction of sp³-hybridized carbons (Fsp3) is 0.583. The monoisotopic (exact) mass is 266 g/mol. The Morgan fingerprint density at radius 2 is 2.26 bits per heavy atom. The lowest BCUT2D eigenvalue weighted by Crippen LogP contribution is -2.29. The summed E-state index contributed by atoms with van der Waals surface area (Å²) in [6.07, 6.45) is 3.29. The van der Waals surface area contributed by atoms with Crippen LogP contribution < -0.4 is 5.73 Å². The first-order valence-electron chi connectivity index (χ1n) is 6.10. The molecule has 2 atom stereocenters. The van der Waals surface area contributed by atoms with E-state index >= 15 is 0 Å². The summed E-state index contributed by atoms with van der Waals surface area (Å²) < 4.78 is 6.90. The number of primary amides is 1. The molecule has 1 aliphatic heterocycles. The van der Waals surface area contributed by atoms with E-state index in [2.05, 4.69) is 5.10 Å². The van der Waals surface area contributed by atoms with E-state index < -0.39 is 0 Å². The van der Waals surface area contributed by atoms with Crippen molar-refractivity contribution in [1.29, 1.82) is 0 Å². The number of carbonyl (C=O) groups excluding carboxylic acids is 2. The molecule has 7 heteroatoms. The van der Waals surface area contributed by atoms with Crippen molar-refractivity contribution >= 4 is 11.8 Å². The molecule has 0 radical (unpaired) electrons. The quantitative estimate of drug-likeness (QED) is 0.786. The lowest BCUT2D eigenvalue weighted by Gasteiger charge is -2.14. The Labute approximate surface area is 111 Å². The molecule has 19 heavy (non-hydrogen) atoms. The maximum atomic E-state index is 12.3. The summed E-state index contributed by atoms with van der Waals surface area (Å²) in [6.45, 7) is 0.956. The lowest BCUT2D eigenvalue weighted by molar-refractivity contribution is -0.119. The number of nitrogens with zero attached hydrogens (tertiary/aromatic N) is 3. The van der Waals surface area contributed by atoms with Crippen LogP contribution in [0.3, 0.4) is 0 Å². The van der Waals surface area contributed by atoms with Crippen LogP contribution in [0.25, 0.3) is 0 Å². The minimum atomic E-state index is -0.372. The first-order chi connectivity index (χ1) is 9.01. The van der Waals surface area contributed by atoms with Gasteiger partial charge in [-0.1, -0.05) is 0 Å². The molecule has 2 heterocycles. The highest BCUT2D eigenvalue weighted by Crippen LogP contribution is 2.23. The summed E-state index contributed by atoms with van der Waals surface area (Å²) in [5.41, 5.74) is 5.75. The molecule has 0 saturated carbocycles. The number of carbonyl (C=O) groups is 2. The molecule has 2 rings (SSSR count). The zero-order valence-electron chi connectivity index (χ0n) is 11.1. The molecule has 7 nitrogen and oxygen atoms in total. The van der Waals surface area contributed by atoms with Gasteiger partial charge < -0.3 is 15.4 Å². The first-order valence-corrected chi connectivity index (χ1v) is 6.10. The molecule has 0 bridgehead atoms. The summed E-state index contributed by atoms with van der Waals surface area (Å²) in [6, 6.07) is 0. The summed E-state index contributed by atoms with van der Waals surface area (Å²) >= 11 is 0. The maximum absolute atomic E-state index is 12.3. The predicted molar refractivity (Wildman–Crippen MR) is 67.2 cm³/mol. The molecule has 0 aromatic carbocycles. The zero-order valence-corrected chi connectivity index (χ0v) is 11.1. The van der Waals surface area contributed by atoms with E-state index in [0.29, 0.717) is 18.7 Å². The summed E-state index contributed by atoms with van der Waals surface area (Å²) in [4.78, 5) is 24.9. The number of aromatic nitrogens is 2. The molecular weight excluding hydrogens is 248 g/mol. The fourth-order valence-corrected chi connectivity index (χ4v) is 2.44. The number of amides is 2. The molecule has 0 spiro atoms. The number of ether oxygens (including phenoxy) is 1. The van der Waals surface area contributed by atoms with Gasteiger partial charge in [0.15, 0.2) is 0 Å². The molecule has 0 unspecified atom stereocenters. The van der Waals surface area contributed by atoms with Crippen LogP contribution in [-0.4, -0.2) is 52.8 Å². The van der Waals surface area contributed by atoms with Gasteiger partial charge in [-0.3, -0.25) is 14.3 Å². The van der Waals surface area contributed by atoms with E-state index in [0.717, 1.165) is 0 Å². The third kappa shape index (κ3) is 2.93. The van der Waals surface area contributed by atoms with Crippen LogP contribution in [-0.2, 0) is 16.6 Å². The summed E-state index contributed by atoms with van der Waals surface area (Å²) in [5.74, 6) is -0.507. The van der Waals surface area contributed by atoms with E-state index in [1.807, 2.05) is 0 Å². The van der Waals surface area contributed by atoms with Crippen LogP contribution in [0.2, 0.25) is 0 Å². The van der Waals surface area contributed by atoms with E-state index in [-0.39, 0.29) is 30.3 Å². The van der Waals surface area contributed by atoms with E-state index in [1.54, 1.807) is 29.9 Å². The van der Waals surface area contributed by atoms with Gasteiger partial charge in [-0.05, 0) is 0 Å². The molecule has 1 aliphatic rings. The second-order valence-corrected chi connectivity index (χ2v) is 4.82. The fourth-order valence-electron chi connectivity index (χ4n) is 2.44. The molecule has 1 aromatic heterocycles. The maximum Gasteiger partial charge on any atom is 0.257 e. The van der Waals surface area contributed by atoms with E-state index in [1.165, 1.54) is 6.20 Å². The third-order valence-corrected chi connectivity index (χ3v) is 3.39. The van der Waals surface area contributed by atoms with Crippen molar-refractivity contribution in [2.75, 3.05) is 20.2 Å². The van der Waals surface area contributed by atoms with Gasteiger partial charge in [0.1, 0.15) is 0 Å². The van der Waals surface area contributed by atoms with Crippen molar-refractivity contribution in [1.82, 2.24) is 14.7 Å². The predicted octanol–water partition coefficient (Wildman–Crippen LogP) is -0.617. The van der Waals surface area contributed by atoms with Crippen LogP contribution in [0, 0.1) is 5.92 Å². The minimum Gasteiger partial charge on any atom is -0.379 e. The van der Waals surface area contributed by atoms with Gasteiger partial charge in [-0.25, -0.2) is 0 Å². The Bertz CT molecular complexity index is 485. The van der Waals surface area contributed by atoms with Crippen molar-refractivity contribution < 1.29 is 14.3 Å². The molecular formula is C12H18N4O3. The molecule has 0 aliphatic carbocycles. The Kier molecular flexibility index (Phi) is 3.84. The van der Waals surface area contributed by atoms with Crippen LogP contribution in [0.5, 0.6) is 0 Å². The van der Waals surface area contributed by atoms with Gasteiger partial charge >= 0.3 is 0 Å². The summed E-state index contributed by atoms with van der Waals surface area (Å²) in [5, 5.41) is 3.98. The molecule has 1 aromatic rings. The van der Waals surface area contributed by atoms with Crippen molar-refractivity contribution in [3.8, 4) is 0 Å². The zero-order chi connectivity index (χ0) is 14.0. The standard InChI is InChI=1S/C12H18N4O3/c1-15-5-9(4-14-15)12(18)16-6-8(3-11(13)17)10(7-16)19-2/h4-5,8,10H,3,6-7H2,1-2H3,(H2,13,17)/t8-,10+/m1/s1. The third-order valence-electron chi connectivity index (χ3n) is 3.39. The highest BCUT2D eigenvalue weighted by atomic mass is 16.5. The summed E-state index contributed by atoms with van der Waals surface area (Å²) in [7, 11) is 3.34. The number of nitrogens with two attached hydrogens (primary N) is 1. The SMILES string of the molecule is CO[C@H]1CN(C(=O)c2cnn(C)c2)C[C@H]1CC(N)=O. The Morgan fingerprint density at radius 1 is 1.53 bits per heavy atom. The normalized spacial score (nSPS) is 22.7. The average Bonchev–Trinajstić information content (AvgIpc) is 2.94. The molecule has 1 fully saturated rings. The van der Waals surface area contributed by atoms with Crippen molar-refractivity contribution in [3.05, 3.63) is 18.0 Å². The van der Waals surface area contributed by atoms with Gasteiger partial charge in [0.2, 0.25) is 5.91 Å². The Morgan fingerprint density at radius 3 is 2.79 bits per heavy atom. The molecule has 2 amide bonds. The highest BCUT2D eigenvalue weighted by Gasteiger charge is 2.36. The number of hydrogen-bond acceptors (Lipinski definition) is 4. The number of methoxy groups -OCH3 is 1.